The van der Waals surface area contributed by atoms with Crippen LogP contribution < -0.4 is 14.2 Å². The summed E-state index contributed by atoms with van der Waals surface area (Å²) in [6, 6.07) is 24.4. The zero-order valence-electron chi connectivity index (χ0n) is 16.9. The minimum Gasteiger partial charge on any atom is -0.493 e. The summed E-state index contributed by atoms with van der Waals surface area (Å²) in [5.74, 6) is 2.28. The highest BCUT2D eigenvalue weighted by Gasteiger charge is 2.13. The van der Waals surface area contributed by atoms with Gasteiger partial charge in [-0.05, 0) is 52.7 Å². The van der Waals surface area contributed by atoms with Gasteiger partial charge >= 0.3 is 0 Å². The van der Waals surface area contributed by atoms with Gasteiger partial charge in [0.05, 0.1) is 19.7 Å². The second-order valence-electron chi connectivity index (χ2n) is 7.13. The Balaban J connectivity index is 1.63. The summed E-state index contributed by atoms with van der Waals surface area (Å²) in [5.41, 5.74) is 2.08. The second-order valence-corrected chi connectivity index (χ2v) is 7.13. The number of methoxy groups -OCH3 is 2. The molecule has 0 bridgehead atoms. The van der Waals surface area contributed by atoms with E-state index in [0.29, 0.717) is 6.61 Å². The van der Waals surface area contributed by atoms with Crippen molar-refractivity contribution in [1.82, 2.24) is 4.98 Å². The predicted molar refractivity (Wildman–Crippen MR) is 121 cm³/mol. The van der Waals surface area contributed by atoms with E-state index >= 15 is 0 Å². The maximum Gasteiger partial charge on any atom is 0.168 e. The van der Waals surface area contributed by atoms with Gasteiger partial charge in [0.2, 0.25) is 0 Å². The molecule has 0 radical (unpaired) electrons. The van der Waals surface area contributed by atoms with Crippen molar-refractivity contribution < 1.29 is 14.2 Å². The minimum atomic E-state index is 0.532. The maximum absolute atomic E-state index is 6.04. The summed E-state index contributed by atoms with van der Waals surface area (Å²) in [7, 11) is 3.31. The molecule has 0 saturated heterocycles. The molecule has 0 aliphatic rings. The van der Waals surface area contributed by atoms with E-state index in [2.05, 4.69) is 41.4 Å². The van der Waals surface area contributed by atoms with Crippen LogP contribution in [-0.4, -0.2) is 19.2 Å². The lowest BCUT2D eigenvalue weighted by atomic mass is 9.99. The Hall–Kier alpha value is -3.79. The van der Waals surface area contributed by atoms with Crippen molar-refractivity contribution in [3.8, 4) is 17.2 Å². The number of fused-ring (bicyclic) bond motifs is 5. The quantitative estimate of drug-likeness (QED) is 0.335. The molecule has 0 aliphatic carbocycles. The van der Waals surface area contributed by atoms with Gasteiger partial charge in [0.1, 0.15) is 12.4 Å². The van der Waals surface area contributed by atoms with Crippen molar-refractivity contribution >= 4 is 32.4 Å². The van der Waals surface area contributed by atoms with Gasteiger partial charge in [-0.1, -0.05) is 36.4 Å². The van der Waals surface area contributed by atoms with Gasteiger partial charge in [-0.25, -0.2) is 0 Å². The third kappa shape index (κ3) is 3.07. The molecule has 0 amide bonds. The SMILES string of the molecule is COc1ccc2c(ccc3c4cc(OCc5ccccc5)ccc4ncc23)c1OC. The van der Waals surface area contributed by atoms with Crippen LogP contribution in [0.5, 0.6) is 17.2 Å². The van der Waals surface area contributed by atoms with Crippen LogP contribution in [0, 0.1) is 0 Å². The van der Waals surface area contributed by atoms with E-state index in [-0.39, 0.29) is 0 Å². The maximum atomic E-state index is 6.04. The summed E-state index contributed by atoms with van der Waals surface area (Å²) < 4.78 is 17.1. The van der Waals surface area contributed by atoms with E-state index in [9.17, 15) is 0 Å². The molecule has 0 aliphatic heterocycles. The normalized spacial score (nSPS) is 11.1. The van der Waals surface area contributed by atoms with Gasteiger partial charge in [-0.3, -0.25) is 4.98 Å². The highest BCUT2D eigenvalue weighted by Crippen LogP contribution is 2.39. The Bertz CT molecular complexity index is 1360. The number of rotatable bonds is 5. The third-order valence-corrected chi connectivity index (χ3v) is 5.42. The van der Waals surface area contributed by atoms with Crippen molar-refractivity contribution in [3.63, 3.8) is 0 Å². The van der Waals surface area contributed by atoms with Gasteiger partial charge in [-0.15, -0.1) is 0 Å². The van der Waals surface area contributed by atoms with Crippen molar-refractivity contribution in [2.24, 2.45) is 0 Å². The van der Waals surface area contributed by atoms with Crippen LogP contribution in [0.25, 0.3) is 32.4 Å². The molecule has 0 N–H and O–H groups in total. The van der Waals surface area contributed by atoms with E-state index in [1.165, 1.54) is 0 Å². The molecular formula is C26H21NO3. The Labute approximate surface area is 174 Å². The molecule has 4 aromatic carbocycles. The van der Waals surface area contributed by atoms with Gasteiger partial charge in [0.25, 0.3) is 0 Å². The highest BCUT2D eigenvalue weighted by atomic mass is 16.5. The molecule has 5 aromatic rings. The smallest absolute Gasteiger partial charge is 0.168 e. The Morgan fingerprint density at radius 1 is 0.700 bits per heavy atom. The van der Waals surface area contributed by atoms with Gasteiger partial charge in [-0.2, -0.15) is 0 Å². The lowest BCUT2D eigenvalue weighted by molar-refractivity contribution is 0.306. The first-order chi connectivity index (χ1) is 14.8. The molecule has 5 rings (SSSR count). The Morgan fingerprint density at radius 3 is 2.27 bits per heavy atom. The molecule has 4 nitrogen and oxygen atoms in total. The zero-order chi connectivity index (χ0) is 20.5. The van der Waals surface area contributed by atoms with Crippen LogP contribution in [-0.2, 0) is 6.61 Å². The molecular weight excluding hydrogens is 374 g/mol. The first-order valence-corrected chi connectivity index (χ1v) is 9.81. The summed E-state index contributed by atoms with van der Waals surface area (Å²) in [5, 5.41) is 5.35. The first kappa shape index (κ1) is 18.3. The molecule has 0 saturated carbocycles. The molecule has 0 unspecified atom stereocenters. The van der Waals surface area contributed by atoms with Crippen LogP contribution in [0.4, 0.5) is 0 Å². The van der Waals surface area contributed by atoms with E-state index in [0.717, 1.165) is 55.3 Å². The molecule has 148 valence electrons. The number of pyridine rings is 1. The monoisotopic (exact) mass is 395 g/mol. The number of nitrogens with zero attached hydrogens (tertiary/aromatic N) is 1. The van der Waals surface area contributed by atoms with Crippen LogP contribution in [0.1, 0.15) is 5.56 Å². The summed E-state index contributed by atoms with van der Waals surface area (Å²) in [4.78, 5) is 4.69. The number of hydrogen-bond donors (Lipinski definition) is 0. The second kappa shape index (κ2) is 7.56. The summed E-state index contributed by atoms with van der Waals surface area (Å²) in [6.07, 6.45) is 1.93. The fourth-order valence-corrected chi connectivity index (χ4v) is 3.93. The number of benzene rings is 4. The average molecular weight is 395 g/mol. The molecule has 1 heterocycles. The van der Waals surface area contributed by atoms with Crippen LogP contribution in [0.3, 0.4) is 0 Å². The Morgan fingerprint density at radius 2 is 1.47 bits per heavy atom. The summed E-state index contributed by atoms with van der Waals surface area (Å²) in [6.45, 7) is 0.532. The topological polar surface area (TPSA) is 40.6 Å². The van der Waals surface area contributed by atoms with Crippen molar-refractivity contribution in [2.45, 2.75) is 6.61 Å². The Kier molecular flexibility index (Phi) is 4.60. The van der Waals surface area contributed by atoms with Crippen LogP contribution in [0.15, 0.2) is 79.0 Å². The van der Waals surface area contributed by atoms with Gasteiger partial charge in [0.15, 0.2) is 11.5 Å². The fourth-order valence-electron chi connectivity index (χ4n) is 3.93. The first-order valence-electron chi connectivity index (χ1n) is 9.81. The predicted octanol–water partition coefficient (Wildman–Crippen LogP) is 6.14. The highest BCUT2D eigenvalue weighted by molar-refractivity contribution is 6.17. The van der Waals surface area contributed by atoms with Crippen molar-refractivity contribution in [1.29, 1.82) is 0 Å². The largest absolute Gasteiger partial charge is 0.493 e. The van der Waals surface area contributed by atoms with E-state index in [1.54, 1.807) is 14.2 Å². The lowest BCUT2D eigenvalue weighted by Gasteiger charge is -2.13. The van der Waals surface area contributed by atoms with Gasteiger partial charge in [0, 0.05) is 22.4 Å². The minimum absolute atomic E-state index is 0.532. The van der Waals surface area contributed by atoms with E-state index < -0.39 is 0 Å². The molecule has 0 spiro atoms. The van der Waals surface area contributed by atoms with E-state index in [4.69, 9.17) is 14.2 Å². The molecule has 0 atom stereocenters. The zero-order valence-corrected chi connectivity index (χ0v) is 16.9. The van der Waals surface area contributed by atoms with Gasteiger partial charge < -0.3 is 14.2 Å². The number of ether oxygens (including phenoxy) is 3. The van der Waals surface area contributed by atoms with Crippen molar-refractivity contribution in [3.05, 3.63) is 84.6 Å². The molecule has 1 aromatic heterocycles. The summed E-state index contributed by atoms with van der Waals surface area (Å²) >= 11 is 0. The van der Waals surface area contributed by atoms with Crippen molar-refractivity contribution in [2.75, 3.05) is 14.2 Å². The van der Waals surface area contributed by atoms with Crippen LogP contribution in [0.2, 0.25) is 0 Å². The van der Waals surface area contributed by atoms with Crippen LogP contribution >= 0.6 is 0 Å². The molecule has 30 heavy (non-hydrogen) atoms. The fraction of sp³-hybridized carbons (Fsp3) is 0.115. The molecule has 0 fully saturated rings. The third-order valence-electron chi connectivity index (χ3n) is 5.42. The molecule has 4 heteroatoms. The average Bonchev–Trinajstić information content (AvgIpc) is 2.81. The van der Waals surface area contributed by atoms with E-state index in [1.807, 2.05) is 42.6 Å². The number of aromatic nitrogens is 1. The lowest BCUT2D eigenvalue weighted by Crippen LogP contribution is -1.95. The standard InChI is InChI=1S/C26H21NO3/c1-28-25-13-11-19-21(26(25)29-2)10-9-20-22-14-18(8-12-24(22)27-15-23(19)20)30-16-17-6-4-3-5-7-17/h3-15H,16H2,1-2H3. The number of hydrogen-bond acceptors (Lipinski definition) is 4.